The Morgan fingerprint density at radius 1 is 1.11 bits per heavy atom. The Morgan fingerprint density at radius 3 is 2.09 bits per heavy atom. The normalized spacial score (nSPS) is 14.9. The van der Waals surface area contributed by atoms with Gasteiger partial charge in [-0.3, -0.25) is 9.58 Å². The van der Waals surface area contributed by atoms with Gasteiger partial charge in [0.25, 0.3) is 0 Å². The van der Waals surface area contributed by atoms with Gasteiger partial charge in [-0.25, -0.2) is 9.59 Å². The smallest absolute Gasteiger partial charge is 0.475 e. The summed E-state index contributed by atoms with van der Waals surface area (Å²) >= 11 is 1.86. The summed E-state index contributed by atoms with van der Waals surface area (Å²) in [6.45, 7) is 5.30. The van der Waals surface area contributed by atoms with E-state index < -0.39 is 24.3 Å². The minimum Gasteiger partial charge on any atom is -0.475 e. The monoisotopic (exact) mass is 533 g/mol. The molecular weight excluding hydrogens is 508 g/mol. The summed E-state index contributed by atoms with van der Waals surface area (Å²) in [6.07, 6.45) is -5.59. The van der Waals surface area contributed by atoms with Crippen LogP contribution in [0.1, 0.15) is 23.4 Å². The van der Waals surface area contributed by atoms with Crippen LogP contribution in [0.3, 0.4) is 0 Å². The number of halogens is 6. The number of nitrogens with one attached hydrogen (secondary N) is 1. The Balaban J connectivity index is 0.000000362. The van der Waals surface area contributed by atoms with Gasteiger partial charge in [0.05, 0.1) is 5.69 Å². The molecule has 0 saturated carbocycles. The van der Waals surface area contributed by atoms with Crippen LogP contribution < -0.4 is 5.32 Å². The molecule has 1 saturated heterocycles. The highest BCUT2D eigenvalue weighted by Crippen LogP contribution is 2.21. The Kier molecular flexibility index (Phi) is 12.1. The molecule has 16 heteroatoms. The van der Waals surface area contributed by atoms with Crippen LogP contribution in [-0.2, 0) is 29.2 Å². The highest BCUT2D eigenvalue weighted by atomic mass is 32.1. The Labute approximate surface area is 200 Å². The van der Waals surface area contributed by atoms with Gasteiger partial charge in [-0.2, -0.15) is 26.3 Å². The van der Waals surface area contributed by atoms with Crippen molar-refractivity contribution in [3.8, 4) is 0 Å². The molecule has 0 unspecified atom stereocenters. The first kappa shape index (κ1) is 30.3. The van der Waals surface area contributed by atoms with E-state index in [2.05, 4.69) is 44.2 Å². The third-order valence-electron chi connectivity index (χ3n) is 4.54. The Hall–Kier alpha value is -2.72. The largest absolute Gasteiger partial charge is 0.490 e. The van der Waals surface area contributed by atoms with Gasteiger partial charge in [-0.05, 0) is 50.3 Å². The van der Waals surface area contributed by atoms with Crippen LogP contribution in [0.4, 0.5) is 26.3 Å². The lowest BCUT2D eigenvalue weighted by Gasteiger charge is -2.31. The molecule has 2 aromatic rings. The fourth-order valence-corrected chi connectivity index (χ4v) is 3.65. The third-order valence-corrected chi connectivity index (χ3v) is 5.40. The summed E-state index contributed by atoms with van der Waals surface area (Å²) in [5.74, 6) is -4.78. The van der Waals surface area contributed by atoms with E-state index in [0.717, 1.165) is 31.2 Å². The molecule has 198 valence electrons. The minimum absolute atomic E-state index is 0.730. The van der Waals surface area contributed by atoms with E-state index in [1.54, 1.807) is 0 Å². The van der Waals surface area contributed by atoms with E-state index in [4.69, 9.17) is 19.8 Å². The summed E-state index contributed by atoms with van der Waals surface area (Å²) < 4.78 is 65.5. The molecule has 0 aromatic carbocycles. The first-order valence-corrected chi connectivity index (χ1v) is 11.0. The maximum atomic E-state index is 10.6. The second-order valence-electron chi connectivity index (χ2n) is 7.37. The van der Waals surface area contributed by atoms with E-state index in [1.807, 2.05) is 23.1 Å². The molecule has 0 radical (unpaired) electrons. The van der Waals surface area contributed by atoms with Gasteiger partial charge in [0.1, 0.15) is 0 Å². The van der Waals surface area contributed by atoms with Crippen LogP contribution in [0.5, 0.6) is 0 Å². The van der Waals surface area contributed by atoms with Gasteiger partial charge >= 0.3 is 24.3 Å². The van der Waals surface area contributed by atoms with Gasteiger partial charge in [-0.15, -0.1) is 16.4 Å². The van der Waals surface area contributed by atoms with Crippen molar-refractivity contribution < 1.29 is 46.1 Å². The van der Waals surface area contributed by atoms with E-state index >= 15 is 0 Å². The average Bonchev–Trinajstić information content (AvgIpc) is 3.41. The number of carboxylic acid groups (broad SMARTS) is 2. The predicted octanol–water partition coefficient (Wildman–Crippen LogP) is 3.24. The average molecular weight is 533 g/mol. The lowest BCUT2D eigenvalue weighted by atomic mass is 9.97. The predicted molar refractivity (Wildman–Crippen MR) is 112 cm³/mol. The van der Waals surface area contributed by atoms with Crippen LogP contribution in [0.25, 0.3) is 0 Å². The minimum atomic E-state index is -5.08. The van der Waals surface area contributed by atoms with Crippen molar-refractivity contribution in [2.75, 3.05) is 20.1 Å². The van der Waals surface area contributed by atoms with Gasteiger partial charge < -0.3 is 15.5 Å². The molecule has 35 heavy (non-hydrogen) atoms. The van der Waals surface area contributed by atoms with Crippen LogP contribution in [-0.4, -0.2) is 74.5 Å². The molecule has 0 bridgehead atoms. The van der Waals surface area contributed by atoms with Gasteiger partial charge in [0.2, 0.25) is 0 Å². The number of likely N-dealkylation sites (tertiary alicyclic amines) is 1. The molecule has 0 atom stereocenters. The van der Waals surface area contributed by atoms with Crippen LogP contribution in [0, 0.1) is 5.92 Å². The number of hydrogen-bond donors (Lipinski definition) is 3. The number of aliphatic carboxylic acids is 2. The molecule has 1 aliphatic rings. The molecule has 9 nitrogen and oxygen atoms in total. The zero-order chi connectivity index (χ0) is 26.6. The lowest BCUT2D eigenvalue weighted by Crippen LogP contribution is -2.34. The summed E-state index contributed by atoms with van der Waals surface area (Å²) in [4.78, 5) is 21.8. The molecule has 0 amide bonds. The van der Waals surface area contributed by atoms with E-state index in [1.165, 1.54) is 30.8 Å². The third kappa shape index (κ3) is 12.5. The van der Waals surface area contributed by atoms with Gasteiger partial charge in [0.15, 0.2) is 0 Å². The van der Waals surface area contributed by atoms with Crippen molar-refractivity contribution in [2.45, 2.75) is 44.8 Å². The lowest BCUT2D eigenvalue weighted by molar-refractivity contribution is -0.193. The van der Waals surface area contributed by atoms with E-state index in [0.29, 0.717) is 0 Å². The highest BCUT2D eigenvalue weighted by Gasteiger charge is 2.38. The first-order chi connectivity index (χ1) is 16.2. The van der Waals surface area contributed by atoms with Gasteiger partial charge in [-0.1, -0.05) is 11.3 Å². The molecule has 3 rings (SSSR count). The summed E-state index contributed by atoms with van der Waals surface area (Å²) in [6, 6.07) is 4.37. The summed E-state index contributed by atoms with van der Waals surface area (Å²) in [7, 11) is 1.93. The van der Waals surface area contributed by atoms with Crippen molar-refractivity contribution in [2.24, 2.45) is 5.92 Å². The van der Waals surface area contributed by atoms with Crippen LogP contribution in [0.15, 0.2) is 23.7 Å². The number of aromatic nitrogens is 3. The number of alkyl halides is 6. The fourth-order valence-electron chi connectivity index (χ4n) is 2.90. The van der Waals surface area contributed by atoms with Crippen LogP contribution >= 0.6 is 11.3 Å². The SMILES string of the molecule is CNCc1cn(CC2CCN(Cc3cccs3)CC2)nn1.O=C(O)C(F)(F)F.O=C(O)C(F)(F)F. The highest BCUT2D eigenvalue weighted by molar-refractivity contribution is 7.09. The number of rotatable bonds is 6. The molecule has 0 spiro atoms. The molecule has 0 aliphatic carbocycles. The second kappa shape index (κ2) is 14.0. The Morgan fingerprint density at radius 2 is 1.66 bits per heavy atom. The maximum absolute atomic E-state index is 10.6. The second-order valence-corrected chi connectivity index (χ2v) is 8.40. The van der Waals surface area contributed by atoms with Crippen LogP contribution in [0.2, 0.25) is 0 Å². The van der Waals surface area contributed by atoms with Crippen molar-refractivity contribution >= 4 is 23.3 Å². The number of piperidine rings is 1. The number of thiophene rings is 1. The summed E-state index contributed by atoms with van der Waals surface area (Å²) in [5.41, 5.74) is 1.02. The molecule has 1 aliphatic heterocycles. The van der Waals surface area contributed by atoms with Crippen molar-refractivity contribution in [3.05, 3.63) is 34.3 Å². The molecular formula is C19H25F6N5O4S. The quantitative estimate of drug-likeness (QED) is 0.484. The van der Waals surface area contributed by atoms with E-state index in [9.17, 15) is 26.3 Å². The molecule has 3 heterocycles. The van der Waals surface area contributed by atoms with Crippen molar-refractivity contribution in [1.82, 2.24) is 25.2 Å². The zero-order valence-corrected chi connectivity index (χ0v) is 19.3. The number of carbonyl (C=O) groups is 2. The number of carboxylic acids is 2. The molecule has 1 fully saturated rings. The van der Waals surface area contributed by atoms with Gasteiger partial charge in [0, 0.05) is 30.7 Å². The number of hydrogen-bond acceptors (Lipinski definition) is 7. The maximum Gasteiger partial charge on any atom is 0.490 e. The topological polar surface area (TPSA) is 121 Å². The van der Waals surface area contributed by atoms with E-state index in [-0.39, 0.29) is 0 Å². The summed E-state index contributed by atoms with van der Waals surface area (Å²) in [5, 5.41) is 27.9. The fraction of sp³-hybridized carbons (Fsp3) is 0.579. The van der Waals surface area contributed by atoms with Crippen molar-refractivity contribution in [3.63, 3.8) is 0 Å². The van der Waals surface area contributed by atoms with Crippen molar-refractivity contribution in [1.29, 1.82) is 0 Å². The Bertz CT molecular complexity index is 872. The molecule has 3 N–H and O–H groups in total. The standard InChI is InChI=1S/C15H23N5S.2C2HF3O2/c1-16-9-14-11-20(18-17-14)10-13-4-6-19(7-5-13)12-15-3-2-8-21-15;2*3-2(4,5)1(6)7/h2-3,8,11,13,16H,4-7,9-10,12H2,1H3;2*(H,6,7). The molecule has 2 aromatic heterocycles. The number of nitrogens with zero attached hydrogens (tertiary/aromatic N) is 4. The first-order valence-electron chi connectivity index (χ1n) is 10.1. The zero-order valence-electron chi connectivity index (χ0n) is 18.5.